The van der Waals surface area contributed by atoms with Crippen molar-refractivity contribution in [3.05, 3.63) is 0 Å². The quantitative estimate of drug-likeness (QED) is 0.295. The molecular weight excluding hydrogens is 352 g/mol. The van der Waals surface area contributed by atoms with E-state index in [1.165, 1.54) is 0 Å². The fourth-order valence-corrected chi connectivity index (χ4v) is 6.06. The summed E-state index contributed by atoms with van der Waals surface area (Å²) in [5, 5.41) is 60.6. The monoisotopic (exact) mass is 376 g/mol. The minimum atomic E-state index is -1.56. The molecule has 7 rings (SSSR count). The number of hydrogen-bond acceptors (Lipinski definition) is 10. The molecule has 11 atom stereocenters. The highest BCUT2D eigenvalue weighted by Gasteiger charge is 2.94. The fraction of sp³-hybridized carbons (Fsp3) is 1.00. The van der Waals surface area contributed by atoms with Gasteiger partial charge in [-0.3, -0.25) is 0 Å². The first-order chi connectivity index (χ1) is 12.2. The van der Waals surface area contributed by atoms with E-state index in [0.29, 0.717) is 6.42 Å². The van der Waals surface area contributed by atoms with Crippen molar-refractivity contribution in [3.8, 4) is 0 Å². The number of ether oxygens (including phenoxy) is 4. The van der Waals surface area contributed by atoms with Crippen LogP contribution in [0.15, 0.2) is 0 Å². The van der Waals surface area contributed by atoms with Crippen LogP contribution in [0.25, 0.3) is 0 Å². The number of hydrogen-bond donors (Lipinski definition) is 6. The third kappa shape index (κ3) is 1.61. The summed E-state index contributed by atoms with van der Waals surface area (Å²) in [6.07, 6.45) is -7.43. The Hall–Kier alpha value is -0.400. The molecule has 0 aromatic heterocycles. The SMILES string of the molecule is C[C@]12C[C@@]3(O)O[C@H](O1)[C@@]1(CO)[C@@H]3C[C@@]12O[C@@H]1O[C@H](CO)[C@@H](O)[C@H](O)[C@H]1O. The second kappa shape index (κ2) is 4.95. The van der Waals surface area contributed by atoms with Crippen molar-refractivity contribution in [2.24, 2.45) is 11.3 Å². The first kappa shape index (κ1) is 17.7. The summed E-state index contributed by atoms with van der Waals surface area (Å²) >= 11 is 0. The van der Waals surface area contributed by atoms with Gasteiger partial charge in [0.05, 0.1) is 18.6 Å². The van der Waals surface area contributed by atoms with Gasteiger partial charge in [0, 0.05) is 12.3 Å². The molecule has 0 radical (unpaired) electrons. The molecule has 6 bridgehead atoms. The average Bonchev–Trinajstić information content (AvgIpc) is 2.77. The van der Waals surface area contributed by atoms with Crippen LogP contribution >= 0.6 is 0 Å². The first-order valence-electron chi connectivity index (χ1n) is 8.85. The van der Waals surface area contributed by atoms with Crippen LogP contribution in [0.1, 0.15) is 19.8 Å². The number of aliphatic hydroxyl groups excluding tert-OH is 5. The van der Waals surface area contributed by atoms with Crippen molar-refractivity contribution in [3.63, 3.8) is 0 Å². The molecule has 3 saturated carbocycles. The van der Waals surface area contributed by atoms with Crippen molar-refractivity contribution in [2.75, 3.05) is 13.2 Å². The van der Waals surface area contributed by atoms with Crippen LogP contribution in [0.5, 0.6) is 0 Å². The summed E-state index contributed by atoms with van der Waals surface area (Å²) < 4.78 is 23.2. The second-order valence-corrected chi connectivity index (χ2v) is 8.42. The smallest absolute Gasteiger partial charge is 0.187 e. The lowest BCUT2D eigenvalue weighted by atomic mass is 9.41. The lowest BCUT2D eigenvalue weighted by Crippen LogP contribution is -2.80. The lowest BCUT2D eigenvalue weighted by molar-refractivity contribution is -0.424. The van der Waals surface area contributed by atoms with E-state index in [9.17, 15) is 30.6 Å². The van der Waals surface area contributed by atoms with Gasteiger partial charge >= 0.3 is 0 Å². The zero-order chi connectivity index (χ0) is 18.7. The van der Waals surface area contributed by atoms with E-state index in [1.807, 2.05) is 0 Å². The Labute approximate surface area is 148 Å². The molecular formula is C16H24O10. The van der Waals surface area contributed by atoms with Crippen LogP contribution in [0.2, 0.25) is 0 Å². The van der Waals surface area contributed by atoms with E-state index in [4.69, 9.17) is 18.9 Å². The maximum Gasteiger partial charge on any atom is 0.187 e. The van der Waals surface area contributed by atoms with Crippen molar-refractivity contribution in [1.29, 1.82) is 0 Å². The van der Waals surface area contributed by atoms with E-state index < -0.39 is 66.0 Å². The maximum absolute atomic E-state index is 10.8. The largest absolute Gasteiger partial charge is 0.395 e. The van der Waals surface area contributed by atoms with Crippen molar-refractivity contribution in [2.45, 2.75) is 73.8 Å². The fourth-order valence-electron chi connectivity index (χ4n) is 6.06. The van der Waals surface area contributed by atoms with Crippen molar-refractivity contribution in [1.82, 2.24) is 0 Å². The van der Waals surface area contributed by atoms with Crippen LogP contribution in [0, 0.1) is 11.3 Å². The normalized spacial score (nSPS) is 65.4. The zero-order valence-electron chi connectivity index (χ0n) is 14.2. The molecule has 4 aliphatic heterocycles. The van der Waals surface area contributed by atoms with E-state index >= 15 is 0 Å². The molecule has 0 spiro atoms. The number of aliphatic hydroxyl groups is 6. The summed E-state index contributed by atoms with van der Waals surface area (Å²) in [5.41, 5.74) is -3.09. The molecule has 0 aromatic rings. The van der Waals surface area contributed by atoms with Crippen molar-refractivity contribution < 1.29 is 49.6 Å². The van der Waals surface area contributed by atoms with Gasteiger partial charge in [0.1, 0.15) is 35.6 Å². The summed E-state index contributed by atoms with van der Waals surface area (Å²) in [6.45, 7) is 0.840. The molecule has 10 heteroatoms. The van der Waals surface area contributed by atoms with Gasteiger partial charge < -0.3 is 49.6 Å². The molecule has 7 fully saturated rings. The molecule has 148 valence electrons. The van der Waals surface area contributed by atoms with E-state index in [0.717, 1.165) is 0 Å². The highest BCUT2D eigenvalue weighted by atomic mass is 16.8. The van der Waals surface area contributed by atoms with E-state index in [-0.39, 0.29) is 18.9 Å². The lowest BCUT2D eigenvalue weighted by Gasteiger charge is -2.67. The Morgan fingerprint density at radius 1 is 1.08 bits per heavy atom. The van der Waals surface area contributed by atoms with E-state index in [1.54, 1.807) is 6.92 Å². The highest BCUT2D eigenvalue weighted by Crippen LogP contribution is 2.81. The molecule has 4 heterocycles. The van der Waals surface area contributed by atoms with Crippen LogP contribution in [0.3, 0.4) is 0 Å². The highest BCUT2D eigenvalue weighted by molar-refractivity contribution is 5.37. The van der Waals surface area contributed by atoms with Crippen LogP contribution in [-0.2, 0) is 18.9 Å². The van der Waals surface area contributed by atoms with Gasteiger partial charge in [0.25, 0.3) is 0 Å². The Morgan fingerprint density at radius 2 is 1.81 bits per heavy atom. The Kier molecular flexibility index (Phi) is 3.37. The van der Waals surface area contributed by atoms with Gasteiger partial charge in [-0.25, -0.2) is 0 Å². The summed E-state index contributed by atoms with van der Waals surface area (Å²) in [4.78, 5) is 0. The minimum Gasteiger partial charge on any atom is -0.395 e. The van der Waals surface area contributed by atoms with Crippen LogP contribution < -0.4 is 0 Å². The molecule has 26 heavy (non-hydrogen) atoms. The van der Waals surface area contributed by atoms with Crippen molar-refractivity contribution >= 4 is 0 Å². The van der Waals surface area contributed by atoms with Gasteiger partial charge in [-0.2, -0.15) is 0 Å². The molecule has 0 unspecified atom stereocenters. The molecule has 6 N–H and O–H groups in total. The van der Waals surface area contributed by atoms with Crippen LogP contribution in [-0.4, -0.2) is 97.8 Å². The predicted molar refractivity (Wildman–Crippen MR) is 79.1 cm³/mol. The maximum atomic E-state index is 10.8. The van der Waals surface area contributed by atoms with Gasteiger partial charge in [0.15, 0.2) is 18.4 Å². The summed E-state index contributed by atoms with van der Waals surface area (Å²) in [5.74, 6) is -1.77. The first-order valence-corrected chi connectivity index (χ1v) is 8.85. The minimum absolute atomic E-state index is 0.139. The Balaban J connectivity index is 1.50. The average molecular weight is 376 g/mol. The van der Waals surface area contributed by atoms with Crippen LogP contribution in [0.4, 0.5) is 0 Å². The zero-order valence-corrected chi connectivity index (χ0v) is 14.2. The molecule has 3 aliphatic carbocycles. The molecule has 10 nitrogen and oxygen atoms in total. The molecule has 4 saturated heterocycles. The second-order valence-electron chi connectivity index (χ2n) is 8.42. The summed E-state index contributed by atoms with van der Waals surface area (Å²) in [6, 6.07) is 0. The van der Waals surface area contributed by atoms with Gasteiger partial charge in [-0.1, -0.05) is 0 Å². The third-order valence-corrected chi connectivity index (χ3v) is 7.38. The van der Waals surface area contributed by atoms with E-state index in [2.05, 4.69) is 0 Å². The number of rotatable bonds is 4. The van der Waals surface area contributed by atoms with Gasteiger partial charge in [-0.15, -0.1) is 0 Å². The molecule has 7 aliphatic rings. The standard InChI is InChI=1S/C16H24O10/c1-13-4-15(22)7-2-16(13,14(7,5-18)12(25-13)26-15)24-11-10(21)9(20)8(19)6(3-17)23-11/h6-12,17-22H,2-5H2,1H3/t6-,7+,8-,9+,10-,11+,12+,13-,14-,15-,16+/m1/s1. The van der Waals surface area contributed by atoms with Gasteiger partial charge in [-0.05, 0) is 13.3 Å². The molecule has 0 amide bonds. The topological polar surface area (TPSA) is 158 Å². The Bertz CT molecular complexity index is 630. The summed E-state index contributed by atoms with van der Waals surface area (Å²) in [7, 11) is 0. The predicted octanol–water partition coefficient (Wildman–Crippen LogP) is -3.22. The Morgan fingerprint density at radius 3 is 2.46 bits per heavy atom. The third-order valence-electron chi connectivity index (χ3n) is 7.38. The van der Waals surface area contributed by atoms with Gasteiger partial charge in [0.2, 0.25) is 0 Å². The molecule has 0 aromatic carbocycles.